The Morgan fingerprint density at radius 1 is 1.00 bits per heavy atom. The SMILES string of the molecule is O=c1[nH]c(-c2ccc3c(c2)OCCO3)c(O)c2ccc(F)cc12. The number of rotatable bonds is 1. The summed E-state index contributed by atoms with van der Waals surface area (Å²) in [4.78, 5) is 14.8. The van der Waals surface area contributed by atoms with Gasteiger partial charge in [0.25, 0.3) is 5.56 Å². The van der Waals surface area contributed by atoms with Gasteiger partial charge in [-0.25, -0.2) is 4.39 Å². The Bertz CT molecular complexity index is 980. The van der Waals surface area contributed by atoms with Crippen LogP contribution in [0.15, 0.2) is 41.2 Å². The second kappa shape index (κ2) is 5.01. The molecule has 1 aromatic heterocycles. The lowest BCUT2D eigenvalue weighted by atomic mass is 10.0. The number of halogens is 1. The number of aromatic nitrogens is 1. The van der Waals surface area contributed by atoms with Gasteiger partial charge in [-0.05, 0) is 36.4 Å². The van der Waals surface area contributed by atoms with Crippen LogP contribution in [0.5, 0.6) is 17.2 Å². The molecule has 0 fully saturated rings. The summed E-state index contributed by atoms with van der Waals surface area (Å²) in [7, 11) is 0. The highest BCUT2D eigenvalue weighted by molar-refractivity contribution is 5.92. The number of H-pyrrole nitrogens is 1. The molecule has 1 aliphatic rings. The van der Waals surface area contributed by atoms with Crippen molar-refractivity contribution in [3.8, 4) is 28.5 Å². The summed E-state index contributed by atoms with van der Waals surface area (Å²) in [5.74, 6) is 0.517. The van der Waals surface area contributed by atoms with E-state index in [0.717, 1.165) is 6.07 Å². The van der Waals surface area contributed by atoms with E-state index >= 15 is 0 Å². The Balaban J connectivity index is 1.94. The molecule has 4 rings (SSSR count). The number of ether oxygens (including phenoxy) is 2. The van der Waals surface area contributed by atoms with Gasteiger partial charge < -0.3 is 19.6 Å². The van der Waals surface area contributed by atoms with Gasteiger partial charge in [0.1, 0.15) is 24.8 Å². The van der Waals surface area contributed by atoms with Crippen molar-refractivity contribution in [2.45, 2.75) is 0 Å². The van der Waals surface area contributed by atoms with Crippen LogP contribution in [0.2, 0.25) is 0 Å². The molecule has 0 amide bonds. The molecule has 0 atom stereocenters. The third kappa shape index (κ3) is 2.19. The van der Waals surface area contributed by atoms with Gasteiger partial charge in [0, 0.05) is 10.9 Å². The molecular formula is C17H12FNO4. The van der Waals surface area contributed by atoms with E-state index in [0.29, 0.717) is 35.7 Å². The first-order valence-electron chi connectivity index (χ1n) is 7.08. The summed E-state index contributed by atoms with van der Waals surface area (Å²) < 4.78 is 24.3. The zero-order valence-corrected chi connectivity index (χ0v) is 11.9. The van der Waals surface area contributed by atoms with Crippen LogP contribution in [0, 0.1) is 5.82 Å². The molecule has 0 saturated heterocycles. The highest BCUT2D eigenvalue weighted by Gasteiger charge is 2.17. The molecule has 0 radical (unpaired) electrons. The molecule has 2 aromatic carbocycles. The Hall–Kier alpha value is -3.02. The van der Waals surface area contributed by atoms with Gasteiger partial charge in [-0.15, -0.1) is 0 Å². The minimum Gasteiger partial charge on any atom is -0.505 e. The van der Waals surface area contributed by atoms with Gasteiger partial charge >= 0.3 is 0 Å². The number of nitrogens with one attached hydrogen (secondary N) is 1. The number of hydrogen-bond acceptors (Lipinski definition) is 4. The molecule has 5 nitrogen and oxygen atoms in total. The van der Waals surface area contributed by atoms with E-state index in [2.05, 4.69) is 4.98 Å². The molecule has 1 aliphatic heterocycles. The van der Waals surface area contributed by atoms with E-state index in [1.54, 1.807) is 18.2 Å². The molecule has 23 heavy (non-hydrogen) atoms. The van der Waals surface area contributed by atoms with E-state index in [4.69, 9.17) is 9.47 Å². The average Bonchev–Trinajstić information content (AvgIpc) is 2.57. The summed E-state index contributed by atoms with van der Waals surface area (Å²) >= 11 is 0. The molecule has 0 spiro atoms. The molecular weight excluding hydrogens is 301 g/mol. The zero-order valence-electron chi connectivity index (χ0n) is 11.9. The van der Waals surface area contributed by atoms with E-state index in [9.17, 15) is 14.3 Å². The van der Waals surface area contributed by atoms with Gasteiger partial charge in [0.2, 0.25) is 0 Å². The zero-order chi connectivity index (χ0) is 16.0. The molecule has 6 heteroatoms. The number of pyridine rings is 1. The van der Waals surface area contributed by atoms with E-state index in [1.807, 2.05) is 0 Å². The van der Waals surface area contributed by atoms with Gasteiger partial charge in [0.05, 0.1) is 11.1 Å². The van der Waals surface area contributed by atoms with Crippen LogP contribution in [-0.2, 0) is 0 Å². The third-order valence-corrected chi connectivity index (χ3v) is 3.79. The fourth-order valence-electron chi connectivity index (χ4n) is 2.69. The molecule has 0 bridgehead atoms. The fraction of sp³-hybridized carbons (Fsp3) is 0.118. The maximum Gasteiger partial charge on any atom is 0.256 e. The predicted molar refractivity (Wildman–Crippen MR) is 82.6 cm³/mol. The highest BCUT2D eigenvalue weighted by atomic mass is 19.1. The lowest BCUT2D eigenvalue weighted by Crippen LogP contribution is -2.15. The summed E-state index contributed by atoms with van der Waals surface area (Å²) in [6.07, 6.45) is 0. The maximum atomic E-state index is 13.3. The molecule has 0 saturated carbocycles. The van der Waals surface area contributed by atoms with Crippen molar-refractivity contribution in [1.29, 1.82) is 0 Å². The van der Waals surface area contributed by atoms with E-state index in [1.165, 1.54) is 12.1 Å². The summed E-state index contributed by atoms with van der Waals surface area (Å²) in [6.45, 7) is 0.923. The molecule has 116 valence electrons. The van der Waals surface area contributed by atoms with Crippen LogP contribution < -0.4 is 15.0 Å². The van der Waals surface area contributed by atoms with Crippen LogP contribution >= 0.6 is 0 Å². The smallest absolute Gasteiger partial charge is 0.256 e. The largest absolute Gasteiger partial charge is 0.505 e. The number of benzene rings is 2. The minimum absolute atomic E-state index is 0.101. The van der Waals surface area contributed by atoms with Crippen molar-refractivity contribution in [1.82, 2.24) is 4.98 Å². The standard InChI is InChI=1S/C17H12FNO4/c18-10-2-3-11-12(8-10)17(21)19-15(16(11)20)9-1-4-13-14(7-9)23-6-5-22-13/h1-4,7-8,20H,5-6H2,(H,19,21). The van der Waals surface area contributed by atoms with Crippen LogP contribution in [0.3, 0.4) is 0 Å². The number of fused-ring (bicyclic) bond motifs is 2. The van der Waals surface area contributed by atoms with Crippen molar-refractivity contribution >= 4 is 10.8 Å². The summed E-state index contributed by atoms with van der Waals surface area (Å²) in [6, 6.07) is 8.81. The van der Waals surface area contributed by atoms with Crippen molar-refractivity contribution in [3.05, 3.63) is 52.6 Å². The normalized spacial score (nSPS) is 13.3. The Morgan fingerprint density at radius 3 is 2.61 bits per heavy atom. The first kappa shape index (κ1) is 13.6. The Labute approximate surface area is 129 Å². The fourth-order valence-corrected chi connectivity index (χ4v) is 2.69. The van der Waals surface area contributed by atoms with Crippen LogP contribution in [0.1, 0.15) is 0 Å². The quantitative estimate of drug-likeness (QED) is 0.724. The summed E-state index contributed by atoms with van der Waals surface area (Å²) in [5, 5.41) is 10.9. The van der Waals surface area contributed by atoms with Crippen LogP contribution in [0.25, 0.3) is 22.0 Å². The highest BCUT2D eigenvalue weighted by Crippen LogP contribution is 2.38. The molecule has 2 heterocycles. The van der Waals surface area contributed by atoms with E-state index in [-0.39, 0.29) is 16.8 Å². The third-order valence-electron chi connectivity index (χ3n) is 3.79. The molecule has 0 unspecified atom stereocenters. The molecule has 0 aliphatic carbocycles. The predicted octanol–water partition coefficient (Wildman–Crippen LogP) is 2.81. The van der Waals surface area contributed by atoms with Crippen molar-refractivity contribution in [2.24, 2.45) is 0 Å². The first-order chi connectivity index (χ1) is 11.1. The van der Waals surface area contributed by atoms with Crippen molar-refractivity contribution in [2.75, 3.05) is 13.2 Å². The Morgan fingerprint density at radius 2 is 1.78 bits per heavy atom. The number of aromatic hydroxyl groups is 1. The van der Waals surface area contributed by atoms with Gasteiger partial charge in [0.15, 0.2) is 11.5 Å². The number of hydrogen-bond donors (Lipinski definition) is 2. The topological polar surface area (TPSA) is 71.6 Å². The maximum absolute atomic E-state index is 13.3. The van der Waals surface area contributed by atoms with Crippen molar-refractivity contribution < 1.29 is 19.0 Å². The molecule has 2 N–H and O–H groups in total. The minimum atomic E-state index is -0.533. The van der Waals surface area contributed by atoms with Gasteiger partial charge in [-0.3, -0.25) is 4.79 Å². The van der Waals surface area contributed by atoms with Crippen LogP contribution in [-0.4, -0.2) is 23.3 Å². The monoisotopic (exact) mass is 313 g/mol. The lowest BCUT2D eigenvalue weighted by Gasteiger charge is -2.19. The molecule has 3 aromatic rings. The Kier molecular flexibility index (Phi) is 2.97. The van der Waals surface area contributed by atoms with Crippen LogP contribution in [0.4, 0.5) is 4.39 Å². The second-order valence-corrected chi connectivity index (χ2v) is 5.23. The average molecular weight is 313 g/mol. The van der Waals surface area contributed by atoms with Gasteiger partial charge in [-0.1, -0.05) is 0 Å². The summed E-state index contributed by atoms with van der Waals surface area (Å²) in [5.41, 5.74) is 0.364. The first-order valence-corrected chi connectivity index (χ1v) is 7.08. The van der Waals surface area contributed by atoms with Gasteiger partial charge in [-0.2, -0.15) is 0 Å². The lowest BCUT2D eigenvalue weighted by molar-refractivity contribution is 0.171. The second-order valence-electron chi connectivity index (χ2n) is 5.23. The van der Waals surface area contributed by atoms with Crippen molar-refractivity contribution in [3.63, 3.8) is 0 Å². The van der Waals surface area contributed by atoms with E-state index < -0.39 is 11.4 Å². The number of aromatic amines is 1.